The molecule has 0 atom stereocenters. The van der Waals surface area contributed by atoms with Crippen LogP contribution in [0.1, 0.15) is 17.5 Å². The number of anilines is 2. The van der Waals surface area contributed by atoms with Crippen molar-refractivity contribution in [1.29, 1.82) is 0 Å². The summed E-state index contributed by atoms with van der Waals surface area (Å²) in [7, 11) is 1.31. The molecular formula is C14H18N6O3S3. The predicted molar refractivity (Wildman–Crippen MR) is 102 cm³/mol. The molecule has 0 fully saturated rings. The molecule has 0 unspecified atom stereocenters. The highest BCUT2D eigenvalue weighted by Crippen LogP contribution is 2.28. The van der Waals surface area contributed by atoms with Gasteiger partial charge in [-0.3, -0.25) is 20.3 Å². The molecule has 1 aliphatic heterocycles. The third-order valence-corrected chi connectivity index (χ3v) is 6.34. The lowest BCUT2D eigenvalue weighted by atomic mass is 10.2. The molecule has 1 aliphatic rings. The van der Waals surface area contributed by atoms with Gasteiger partial charge in [0.15, 0.2) is 9.47 Å². The van der Waals surface area contributed by atoms with E-state index in [-0.39, 0.29) is 12.5 Å². The van der Waals surface area contributed by atoms with E-state index in [0.29, 0.717) is 16.8 Å². The number of nitrogens with one attached hydrogen (secondary N) is 2. The number of fused-ring (bicyclic) bond motifs is 1. The number of amides is 2. The maximum Gasteiger partial charge on any atom is 0.413 e. The van der Waals surface area contributed by atoms with Gasteiger partial charge < -0.3 is 4.74 Å². The van der Waals surface area contributed by atoms with Gasteiger partial charge >= 0.3 is 6.09 Å². The average Bonchev–Trinajstić information content (AvgIpc) is 3.20. The van der Waals surface area contributed by atoms with E-state index in [0.717, 1.165) is 33.6 Å². The zero-order chi connectivity index (χ0) is 18.5. The lowest BCUT2D eigenvalue weighted by Gasteiger charge is -2.24. The minimum Gasteiger partial charge on any atom is -0.453 e. The molecule has 26 heavy (non-hydrogen) atoms. The molecule has 12 heteroatoms. The normalized spacial score (nSPS) is 13.9. The number of rotatable bonds is 6. The zero-order valence-corrected chi connectivity index (χ0v) is 16.7. The molecule has 140 valence electrons. The third kappa shape index (κ3) is 4.90. The van der Waals surface area contributed by atoms with E-state index in [1.54, 1.807) is 11.8 Å². The average molecular weight is 415 g/mol. The van der Waals surface area contributed by atoms with Crippen LogP contribution in [0, 0.1) is 0 Å². The summed E-state index contributed by atoms with van der Waals surface area (Å²) in [5, 5.41) is 14.4. The van der Waals surface area contributed by atoms with Gasteiger partial charge in [0.2, 0.25) is 11.0 Å². The SMILES string of the molecule is CCSc1nnc(NC(=O)CN2CCc3nc(NC(=O)OC)sc3C2)s1. The molecule has 3 rings (SSSR count). The van der Waals surface area contributed by atoms with Gasteiger partial charge in [0.1, 0.15) is 0 Å². The highest BCUT2D eigenvalue weighted by molar-refractivity contribution is 8.01. The monoisotopic (exact) mass is 414 g/mol. The standard InChI is InChI=1S/C14H18N6O3S3/c1-3-24-14-19-18-12(26-14)16-10(21)7-20-5-4-8-9(6-20)25-11(15-8)17-13(22)23-2/h3-7H2,1-2H3,(H,15,17,22)(H,16,18,21). The molecule has 0 spiro atoms. The molecule has 3 heterocycles. The lowest BCUT2D eigenvalue weighted by molar-refractivity contribution is -0.117. The van der Waals surface area contributed by atoms with Gasteiger partial charge in [0.25, 0.3) is 0 Å². The molecule has 2 amide bonds. The van der Waals surface area contributed by atoms with Crippen molar-refractivity contribution in [3.63, 3.8) is 0 Å². The summed E-state index contributed by atoms with van der Waals surface area (Å²) in [6, 6.07) is 0. The van der Waals surface area contributed by atoms with E-state index in [9.17, 15) is 9.59 Å². The van der Waals surface area contributed by atoms with Crippen LogP contribution in [0.2, 0.25) is 0 Å². The van der Waals surface area contributed by atoms with Crippen molar-refractivity contribution in [2.45, 2.75) is 24.2 Å². The third-order valence-electron chi connectivity index (χ3n) is 3.49. The molecule has 0 aromatic carbocycles. The first-order valence-corrected chi connectivity index (χ1v) is 10.5. The number of nitrogens with zero attached hydrogens (tertiary/aromatic N) is 4. The van der Waals surface area contributed by atoms with E-state index < -0.39 is 6.09 Å². The van der Waals surface area contributed by atoms with Crippen molar-refractivity contribution >= 4 is 56.7 Å². The van der Waals surface area contributed by atoms with Crippen molar-refractivity contribution in [2.75, 3.05) is 36.6 Å². The summed E-state index contributed by atoms with van der Waals surface area (Å²) >= 11 is 4.38. The molecule has 0 saturated heterocycles. The largest absolute Gasteiger partial charge is 0.453 e. The fourth-order valence-electron chi connectivity index (χ4n) is 2.38. The lowest BCUT2D eigenvalue weighted by Crippen LogP contribution is -2.36. The molecule has 2 aromatic heterocycles. The summed E-state index contributed by atoms with van der Waals surface area (Å²) in [5.41, 5.74) is 0.961. The van der Waals surface area contributed by atoms with Crippen LogP contribution < -0.4 is 10.6 Å². The second kappa shape index (κ2) is 8.75. The molecule has 2 aromatic rings. The number of methoxy groups -OCH3 is 1. The topological polar surface area (TPSA) is 109 Å². The molecule has 0 saturated carbocycles. The highest BCUT2D eigenvalue weighted by atomic mass is 32.2. The second-order valence-corrected chi connectivity index (χ2v) is 8.89. The summed E-state index contributed by atoms with van der Waals surface area (Å²) in [5.74, 6) is 0.801. The number of hydrogen-bond acceptors (Lipinski definition) is 10. The Morgan fingerprint density at radius 3 is 2.88 bits per heavy atom. The molecule has 2 N–H and O–H groups in total. The van der Waals surface area contributed by atoms with Gasteiger partial charge in [-0.05, 0) is 5.75 Å². The smallest absolute Gasteiger partial charge is 0.413 e. The van der Waals surface area contributed by atoms with E-state index in [4.69, 9.17) is 0 Å². The van der Waals surface area contributed by atoms with E-state index in [1.807, 2.05) is 11.8 Å². The first-order chi connectivity index (χ1) is 12.6. The number of aromatic nitrogens is 3. The Balaban J connectivity index is 1.53. The van der Waals surface area contributed by atoms with Crippen LogP contribution in [-0.4, -0.2) is 58.0 Å². The van der Waals surface area contributed by atoms with Crippen LogP contribution in [0.4, 0.5) is 15.1 Å². The quantitative estimate of drug-likeness (QED) is 0.547. The number of thioether (sulfide) groups is 1. The Morgan fingerprint density at radius 1 is 1.27 bits per heavy atom. The number of hydrogen-bond donors (Lipinski definition) is 2. The Kier molecular flexibility index (Phi) is 6.40. The Hall–Kier alpha value is -1.76. The highest BCUT2D eigenvalue weighted by Gasteiger charge is 2.23. The van der Waals surface area contributed by atoms with Gasteiger partial charge in [-0.15, -0.1) is 10.2 Å². The van der Waals surface area contributed by atoms with Gasteiger partial charge in [0, 0.05) is 24.4 Å². The van der Waals surface area contributed by atoms with Crippen molar-refractivity contribution in [3.8, 4) is 0 Å². The number of ether oxygens (including phenoxy) is 1. The minimum absolute atomic E-state index is 0.116. The van der Waals surface area contributed by atoms with Crippen molar-refractivity contribution < 1.29 is 14.3 Å². The van der Waals surface area contributed by atoms with E-state index in [2.05, 4.69) is 30.6 Å². The van der Waals surface area contributed by atoms with E-state index >= 15 is 0 Å². The van der Waals surface area contributed by atoms with E-state index in [1.165, 1.54) is 29.8 Å². The van der Waals surface area contributed by atoms with Crippen LogP contribution in [0.3, 0.4) is 0 Å². The molecule has 9 nitrogen and oxygen atoms in total. The molecule has 0 bridgehead atoms. The Morgan fingerprint density at radius 2 is 2.12 bits per heavy atom. The van der Waals surface area contributed by atoms with Crippen molar-refractivity contribution in [2.24, 2.45) is 0 Å². The van der Waals surface area contributed by atoms with Crippen LogP contribution in [0.25, 0.3) is 0 Å². The Labute approximate surface area is 162 Å². The summed E-state index contributed by atoms with van der Waals surface area (Å²) in [6.45, 7) is 3.67. The van der Waals surface area contributed by atoms with Gasteiger partial charge in [-0.2, -0.15) is 0 Å². The molecular weight excluding hydrogens is 396 g/mol. The van der Waals surface area contributed by atoms with Gasteiger partial charge in [0.05, 0.1) is 19.3 Å². The maximum atomic E-state index is 12.2. The number of carbonyl (C=O) groups is 2. The summed E-state index contributed by atoms with van der Waals surface area (Å²) in [6.07, 6.45) is 0.197. The molecule has 0 radical (unpaired) electrons. The maximum absolute atomic E-state index is 12.2. The van der Waals surface area contributed by atoms with Crippen LogP contribution in [0.15, 0.2) is 4.34 Å². The first-order valence-electron chi connectivity index (χ1n) is 7.89. The molecule has 0 aliphatic carbocycles. The minimum atomic E-state index is -0.537. The first kappa shape index (κ1) is 19.0. The summed E-state index contributed by atoms with van der Waals surface area (Å²) in [4.78, 5) is 31.0. The van der Waals surface area contributed by atoms with Crippen molar-refractivity contribution in [3.05, 3.63) is 10.6 Å². The number of carbonyl (C=O) groups excluding carboxylic acids is 2. The van der Waals surface area contributed by atoms with Crippen LogP contribution in [-0.2, 0) is 22.5 Å². The Bertz CT molecular complexity index is 793. The number of thiazole rings is 1. The predicted octanol–water partition coefficient (Wildman–Crippen LogP) is 2.28. The van der Waals surface area contributed by atoms with Crippen LogP contribution in [0.5, 0.6) is 0 Å². The van der Waals surface area contributed by atoms with Crippen LogP contribution >= 0.6 is 34.4 Å². The second-order valence-electron chi connectivity index (χ2n) is 5.32. The zero-order valence-electron chi connectivity index (χ0n) is 14.3. The fraction of sp³-hybridized carbons (Fsp3) is 0.500. The van der Waals surface area contributed by atoms with Gasteiger partial charge in [-0.25, -0.2) is 9.78 Å². The summed E-state index contributed by atoms with van der Waals surface area (Å²) < 4.78 is 5.42. The van der Waals surface area contributed by atoms with Crippen molar-refractivity contribution in [1.82, 2.24) is 20.1 Å². The fourth-order valence-corrected chi connectivity index (χ4v) is 5.08. The van der Waals surface area contributed by atoms with Gasteiger partial charge in [-0.1, -0.05) is 41.4 Å².